The maximum Gasteiger partial charge on any atom is 0.313 e. The molecule has 0 saturated carbocycles. The molecule has 0 aliphatic carbocycles. The Kier molecular flexibility index (Phi) is 4.97. The van der Waals surface area contributed by atoms with Crippen LogP contribution < -0.4 is 10.9 Å². The highest BCUT2D eigenvalue weighted by Gasteiger charge is 2.24. The van der Waals surface area contributed by atoms with E-state index in [1.165, 1.54) is 27.8 Å². The lowest BCUT2D eigenvalue weighted by molar-refractivity contribution is -0.143. The molecule has 0 radical (unpaired) electrons. The Morgan fingerprint density at radius 3 is 2.28 bits per heavy atom. The predicted molar refractivity (Wildman–Crippen MR) is 95.4 cm³/mol. The standard InChI is InChI=1S/C19H21N3O3/c1-2-21-13-16(7-8-17(21)23)20-18(24)19(25)22-11-9-14-5-3-4-6-15(14)10-12-22/h3-8,13H,2,9-12H2,1H3,(H,20,24). The Hall–Kier alpha value is -2.89. The normalized spacial score (nSPS) is 13.7. The number of benzene rings is 1. The third-order valence-electron chi connectivity index (χ3n) is 4.48. The maximum atomic E-state index is 12.5. The van der Waals surface area contributed by atoms with E-state index < -0.39 is 11.8 Å². The van der Waals surface area contributed by atoms with Crippen molar-refractivity contribution in [1.82, 2.24) is 9.47 Å². The number of hydrogen-bond acceptors (Lipinski definition) is 3. The zero-order valence-electron chi connectivity index (χ0n) is 14.2. The summed E-state index contributed by atoms with van der Waals surface area (Å²) in [5, 5.41) is 2.59. The van der Waals surface area contributed by atoms with Crippen LogP contribution in [-0.2, 0) is 29.0 Å². The van der Waals surface area contributed by atoms with Gasteiger partial charge in [-0.25, -0.2) is 0 Å². The molecule has 3 rings (SSSR count). The van der Waals surface area contributed by atoms with Gasteiger partial charge in [0.05, 0.1) is 5.69 Å². The van der Waals surface area contributed by atoms with Crippen LogP contribution in [0.2, 0.25) is 0 Å². The number of anilines is 1. The van der Waals surface area contributed by atoms with Crippen molar-refractivity contribution in [3.05, 3.63) is 64.1 Å². The lowest BCUT2D eigenvalue weighted by Gasteiger charge is -2.19. The minimum atomic E-state index is -0.674. The van der Waals surface area contributed by atoms with Gasteiger partial charge in [0, 0.05) is 31.9 Å². The van der Waals surface area contributed by atoms with Crippen LogP contribution in [-0.4, -0.2) is 34.4 Å². The second-order valence-corrected chi connectivity index (χ2v) is 6.06. The third kappa shape index (κ3) is 3.79. The van der Waals surface area contributed by atoms with Crippen molar-refractivity contribution in [1.29, 1.82) is 0 Å². The number of rotatable bonds is 2. The van der Waals surface area contributed by atoms with Crippen molar-refractivity contribution in [3.8, 4) is 0 Å². The number of pyridine rings is 1. The molecule has 6 nitrogen and oxygen atoms in total. The monoisotopic (exact) mass is 339 g/mol. The molecule has 2 aromatic rings. The lowest BCUT2D eigenvalue weighted by atomic mass is 10.0. The molecule has 6 heteroatoms. The van der Waals surface area contributed by atoms with Gasteiger partial charge in [-0.1, -0.05) is 24.3 Å². The molecule has 25 heavy (non-hydrogen) atoms. The number of carbonyl (C=O) groups excluding carboxylic acids is 2. The van der Waals surface area contributed by atoms with Gasteiger partial charge >= 0.3 is 11.8 Å². The van der Waals surface area contributed by atoms with Crippen molar-refractivity contribution in [3.63, 3.8) is 0 Å². The van der Waals surface area contributed by atoms with Gasteiger partial charge in [0.1, 0.15) is 0 Å². The number of amides is 2. The number of hydrogen-bond donors (Lipinski definition) is 1. The summed E-state index contributed by atoms with van der Waals surface area (Å²) in [7, 11) is 0. The summed E-state index contributed by atoms with van der Waals surface area (Å²) in [4.78, 5) is 37.9. The molecular formula is C19H21N3O3. The fraction of sp³-hybridized carbons (Fsp3) is 0.316. The molecule has 1 aliphatic rings. The van der Waals surface area contributed by atoms with Crippen LogP contribution in [0.5, 0.6) is 0 Å². The quantitative estimate of drug-likeness (QED) is 0.842. The first-order chi connectivity index (χ1) is 12.1. The summed E-state index contributed by atoms with van der Waals surface area (Å²) in [6.07, 6.45) is 3.04. The zero-order chi connectivity index (χ0) is 17.8. The van der Waals surface area contributed by atoms with E-state index in [4.69, 9.17) is 0 Å². The smallest absolute Gasteiger partial charge is 0.313 e. The van der Waals surface area contributed by atoms with Crippen LogP contribution >= 0.6 is 0 Å². The lowest BCUT2D eigenvalue weighted by Crippen LogP contribution is -2.41. The van der Waals surface area contributed by atoms with E-state index in [9.17, 15) is 14.4 Å². The summed E-state index contributed by atoms with van der Waals surface area (Å²) >= 11 is 0. The van der Waals surface area contributed by atoms with Gasteiger partial charge in [0.25, 0.3) is 5.56 Å². The van der Waals surface area contributed by atoms with Crippen LogP contribution in [0.25, 0.3) is 0 Å². The Morgan fingerprint density at radius 1 is 1.04 bits per heavy atom. The molecule has 130 valence electrons. The molecule has 1 aromatic carbocycles. The maximum absolute atomic E-state index is 12.5. The summed E-state index contributed by atoms with van der Waals surface area (Å²) in [6, 6.07) is 11.0. The van der Waals surface area contributed by atoms with E-state index >= 15 is 0 Å². The van der Waals surface area contributed by atoms with E-state index in [1.807, 2.05) is 19.1 Å². The number of carbonyl (C=O) groups is 2. The minimum Gasteiger partial charge on any atom is -0.334 e. The highest BCUT2D eigenvalue weighted by atomic mass is 16.2. The van der Waals surface area contributed by atoms with E-state index in [2.05, 4.69) is 17.4 Å². The minimum absolute atomic E-state index is 0.142. The van der Waals surface area contributed by atoms with Gasteiger partial charge in [-0.05, 0) is 37.0 Å². The molecular weight excluding hydrogens is 318 g/mol. The van der Waals surface area contributed by atoms with Crippen LogP contribution in [0.15, 0.2) is 47.4 Å². The molecule has 2 amide bonds. The molecule has 1 aliphatic heterocycles. The molecule has 0 unspecified atom stereocenters. The SMILES string of the molecule is CCn1cc(NC(=O)C(=O)N2CCc3ccccc3CC2)ccc1=O. The Morgan fingerprint density at radius 2 is 1.68 bits per heavy atom. The highest BCUT2D eigenvalue weighted by Crippen LogP contribution is 2.16. The van der Waals surface area contributed by atoms with Gasteiger partial charge in [-0.3, -0.25) is 14.4 Å². The van der Waals surface area contributed by atoms with E-state index in [-0.39, 0.29) is 5.56 Å². The number of fused-ring (bicyclic) bond motifs is 1. The van der Waals surface area contributed by atoms with Crippen LogP contribution in [0.1, 0.15) is 18.1 Å². The van der Waals surface area contributed by atoms with Crippen LogP contribution in [0, 0.1) is 0 Å². The predicted octanol–water partition coefficient (Wildman–Crippen LogP) is 1.43. The molecule has 1 aromatic heterocycles. The van der Waals surface area contributed by atoms with Gasteiger partial charge in [0.15, 0.2) is 0 Å². The summed E-state index contributed by atoms with van der Waals surface area (Å²) in [6.45, 7) is 3.39. The molecule has 0 spiro atoms. The molecule has 2 heterocycles. The Labute approximate surface area is 146 Å². The number of nitrogens with zero attached hydrogens (tertiary/aromatic N) is 2. The van der Waals surface area contributed by atoms with Gasteiger partial charge < -0.3 is 14.8 Å². The zero-order valence-corrected chi connectivity index (χ0v) is 14.2. The molecule has 0 atom stereocenters. The largest absolute Gasteiger partial charge is 0.334 e. The van der Waals surface area contributed by atoms with Gasteiger partial charge in [0.2, 0.25) is 0 Å². The summed E-state index contributed by atoms with van der Waals surface area (Å²) < 4.78 is 1.47. The first kappa shape index (κ1) is 17.0. The van der Waals surface area contributed by atoms with Crippen molar-refractivity contribution >= 4 is 17.5 Å². The Balaban J connectivity index is 1.67. The average Bonchev–Trinajstić information content (AvgIpc) is 2.85. The Bertz CT molecular complexity index is 830. The fourth-order valence-corrected chi connectivity index (χ4v) is 3.05. The van der Waals surface area contributed by atoms with Gasteiger partial charge in [-0.2, -0.15) is 0 Å². The second kappa shape index (κ2) is 7.34. The van der Waals surface area contributed by atoms with Gasteiger partial charge in [-0.15, -0.1) is 0 Å². The molecule has 0 fully saturated rings. The number of aryl methyl sites for hydroxylation is 1. The summed E-state index contributed by atoms with van der Waals surface area (Å²) in [5.74, 6) is -1.21. The number of aromatic nitrogens is 1. The topological polar surface area (TPSA) is 71.4 Å². The first-order valence-corrected chi connectivity index (χ1v) is 8.46. The average molecular weight is 339 g/mol. The van der Waals surface area contributed by atoms with E-state index in [0.717, 1.165) is 12.8 Å². The molecule has 0 bridgehead atoms. The van der Waals surface area contributed by atoms with Crippen LogP contribution in [0.4, 0.5) is 5.69 Å². The molecule has 0 saturated heterocycles. The number of nitrogens with one attached hydrogen (secondary N) is 1. The second-order valence-electron chi connectivity index (χ2n) is 6.06. The highest BCUT2D eigenvalue weighted by molar-refractivity contribution is 6.39. The van der Waals surface area contributed by atoms with Crippen molar-refractivity contribution < 1.29 is 9.59 Å². The summed E-state index contributed by atoms with van der Waals surface area (Å²) in [5.41, 5.74) is 2.76. The van der Waals surface area contributed by atoms with Crippen molar-refractivity contribution in [2.24, 2.45) is 0 Å². The first-order valence-electron chi connectivity index (χ1n) is 8.46. The fourth-order valence-electron chi connectivity index (χ4n) is 3.05. The van der Waals surface area contributed by atoms with Crippen molar-refractivity contribution in [2.75, 3.05) is 18.4 Å². The molecule has 1 N–H and O–H groups in total. The van der Waals surface area contributed by atoms with E-state index in [1.54, 1.807) is 11.1 Å². The third-order valence-corrected chi connectivity index (χ3v) is 4.48. The van der Waals surface area contributed by atoms with Crippen molar-refractivity contribution in [2.45, 2.75) is 26.3 Å². The van der Waals surface area contributed by atoms with Crippen LogP contribution in [0.3, 0.4) is 0 Å². The van der Waals surface area contributed by atoms with E-state index in [0.29, 0.717) is 25.3 Å².